The van der Waals surface area contributed by atoms with Gasteiger partial charge in [-0.3, -0.25) is 14.2 Å². The van der Waals surface area contributed by atoms with E-state index in [9.17, 15) is 9.59 Å². The van der Waals surface area contributed by atoms with Crippen molar-refractivity contribution in [2.75, 3.05) is 5.32 Å². The lowest BCUT2D eigenvalue weighted by Gasteiger charge is -2.09. The van der Waals surface area contributed by atoms with Crippen LogP contribution in [0, 0.1) is 0 Å². The van der Waals surface area contributed by atoms with Gasteiger partial charge in [0.15, 0.2) is 0 Å². The summed E-state index contributed by atoms with van der Waals surface area (Å²) in [6.45, 7) is 2.68. The molecule has 2 heterocycles. The first-order valence-corrected chi connectivity index (χ1v) is 10.6. The van der Waals surface area contributed by atoms with Crippen molar-refractivity contribution in [3.05, 3.63) is 82.5 Å². The number of rotatable bonds is 7. The van der Waals surface area contributed by atoms with Crippen LogP contribution >= 0.6 is 11.6 Å². The number of benzene rings is 2. The predicted molar refractivity (Wildman–Crippen MR) is 124 cm³/mol. The number of anilines is 1. The Morgan fingerprint density at radius 2 is 1.81 bits per heavy atom. The van der Waals surface area contributed by atoms with Crippen LogP contribution in [0.1, 0.15) is 19.8 Å². The number of amides is 1. The van der Waals surface area contributed by atoms with Crippen LogP contribution in [0.15, 0.2) is 71.9 Å². The molecule has 0 radical (unpaired) electrons. The van der Waals surface area contributed by atoms with Crippen LogP contribution in [0.3, 0.4) is 0 Å². The number of carbonyl (C=O) groups is 1. The van der Waals surface area contributed by atoms with Gasteiger partial charge in [-0.2, -0.15) is 0 Å². The fraction of sp³-hybridized carbons (Fsp3) is 0.208. The van der Waals surface area contributed by atoms with E-state index < -0.39 is 0 Å². The van der Waals surface area contributed by atoms with Crippen LogP contribution in [0.4, 0.5) is 5.69 Å². The standard InChI is InChI=1S/C24H23ClN4O2/c1-2-3-13-28-16-26-22-20(17-7-5-4-6-8-17)14-29(23(22)24(28)31)15-21(30)27-19-11-9-18(25)10-12-19/h4-12,14,16H,2-3,13,15H2,1H3,(H,27,30). The molecule has 4 aromatic rings. The highest BCUT2D eigenvalue weighted by molar-refractivity contribution is 6.30. The molecule has 7 heteroatoms. The zero-order valence-corrected chi connectivity index (χ0v) is 18.0. The van der Waals surface area contributed by atoms with Crippen LogP contribution in [0.25, 0.3) is 22.2 Å². The molecule has 4 rings (SSSR count). The molecule has 0 spiro atoms. The van der Waals surface area contributed by atoms with E-state index in [1.54, 1.807) is 39.7 Å². The van der Waals surface area contributed by atoms with Crippen molar-refractivity contribution < 1.29 is 4.79 Å². The Labute approximate surface area is 185 Å². The van der Waals surface area contributed by atoms with E-state index in [-0.39, 0.29) is 18.0 Å². The molecule has 0 aliphatic rings. The van der Waals surface area contributed by atoms with Crippen molar-refractivity contribution in [3.63, 3.8) is 0 Å². The van der Waals surface area contributed by atoms with Gasteiger partial charge in [-0.05, 0) is 36.2 Å². The van der Waals surface area contributed by atoms with Gasteiger partial charge in [-0.15, -0.1) is 0 Å². The molecular weight excluding hydrogens is 412 g/mol. The minimum atomic E-state index is -0.234. The minimum absolute atomic E-state index is 0.000666. The molecule has 0 saturated heterocycles. The number of hydrogen-bond acceptors (Lipinski definition) is 3. The van der Waals surface area contributed by atoms with Crippen LogP contribution < -0.4 is 10.9 Å². The van der Waals surface area contributed by atoms with Crippen LogP contribution in [-0.4, -0.2) is 20.0 Å². The molecule has 0 fully saturated rings. The van der Waals surface area contributed by atoms with E-state index in [2.05, 4.69) is 17.2 Å². The molecule has 31 heavy (non-hydrogen) atoms. The maximum Gasteiger partial charge on any atom is 0.277 e. The van der Waals surface area contributed by atoms with Crippen molar-refractivity contribution in [2.24, 2.45) is 0 Å². The van der Waals surface area contributed by atoms with Crippen molar-refractivity contribution in [1.29, 1.82) is 0 Å². The van der Waals surface area contributed by atoms with Gasteiger partial charge in [0, 0.05) is 29.0 Å². The number of nitrogens with zero attached hydrogens (tertiary/aromatic N) is 3. The summed E-state index contributed by atoms with van der Waals surface area (Å²) in [6, 6.07) is 16.7. The summed E-state index contributed by atoms with van der Waals surface area (Å²) in [5.41, 5.74) is 3.32. The number of aryl methyl sites for hydroxylation is 1. The van der Waals surface area contributed by atoms with E-state index in [1.165, 1.54) is 0 Å². The number of unbranched alkanes of at least 4 members (excludes halogenated alkanes) is 1. The molecule has 2 aromatic carbocycles. The van der Waals surface area contributed by atoms with Crippen LogP contribution in [-0.2, 0) is 17.9 Å². The monoisotopic (exact) mass is 434 g/mol. The van der Waals surface area contributed by atoms with Gasteiger partial charge in [-0.1, -0.05) is 55.3 Å². The average Bonchev–Trinajstić information content (AvgIpc) is 3.14. The van der Waals surface area contributed by atoms with E-state index >= 15 is 0 Å². The first kappa shape index (κ1) is 20.9. The van der Waals surface area contributed by atoms with Gasteiger partial charge < -0.3 is 9.88 Å². The topological polar surface area (TPSA) is 68.9 Å². The molecular formula is C24H23ClN4O2. The molecule has 0 unspecified atom stereocenters. The summed E-state index contributed by atoms with van der Waals surface area (Å²) in [7, 11) is 0. The Kier molecular flexibility index (Phi) is 6.18. The Morgan fingerprint density at radius 1 is 1.06 bits per heavy atom. The summed E-state index contributed by atoms with van der Waals surface area (Å²) < 4.78 is 3.31. The smallest absolute Gasteiger partial charge is 0.277 e. The molecule has 6 nitrogen and oxygen atoms in total. The molecule has 158 valence electrons. The Morgan fingerprint density at radius 3 is 2.52 bits per heavy atom. The number of nitrogens with one attached hydrogen (secondary N) is 1. The molecule has 0 atom stereocenters. The maximum absolute atomic E-state index is 13.2. The van der Waals surface area contributed by atoms with Crippen LogP contribution in [0.2, 0.25) is 5.02 Å². The molecule has 1 amide bonds. The molecule has 2 aromatic heterocycles. The van der Waals surface area contributed by atoms with Gasteiger partial charge in [0.05, 0.1) is 6.33 Å². The summed E-state index contributed by atoms with van der Waals surface area (Å²) in [4.78, 5) is 30.6. The SMILES string of the molecule is CCCCn1cnc2c(-c3ccccc3)cn(CC(=O)Nc3ccc(Cl)cc3)c2c1=O. The van der Waals surface area contributed by atoms with Crippen molar-refractivity contribution in [3.8, 4) is 11.1 Å². The van der Waals surface area contributed by atoms with E-state index in [4.69, 9.17) is 11.6 Å². The Bertz CT molecular complexity index is 1260. The van der Waals surface area contributed by atoms with Crippen LogP contribution in [0.5, 0.6) is 0 Å². The summed E-state index contributed by atoms with van der Waals surface area (Å²) >= 11 is 5.91. The Hall–Kier alpha value is -3.38. The highest BCUT2D eigenvalue weighted by atomic mass is 35.5. The predicted octanol–water partition coefficient (Wildman–Crippen LogP) is 4.96. The average molecular weight is 435 g/mol. The number of aromatic nitrogens is 3. The number of fused-ring (bicyclic) bond motifs is 1. The highest BCUT2D eigenvalue weighted by Crippen LogP contribution is 2.27. The third kappa shape index (κ3) is 4.54. The first-order valence-electron chi connectivity index (χ1n) is 10.3. The number of halogens is 1. The number of carbonyl (C=O) groups excluding carboxylic acids is 1. The zero-order chi connectivity index (χ0) is 21.8. The lowest BCUT2D eigenvalue weighted by Crippen LogP contribution is -2.25. The zero-order valence-electron chi connectivity index (χ0n) is 17.2. The largest absolute Gasteiger partial charge is 0.332 e. The highest BCUT2D eigenvalue weighted by Gasteiger charge is 2.18. The minimum Gasteiger partial charge on any atom is -0.332 e. The lowest BCUT2D eigenvalue weighted by atomic mass is 10.1. The van der Waals surface area contributed by atoms with Crippen molar-refractivity contribution in [2.45, 2.75) is 32.9 Å². The second-order valence-corrected chi connectivity index (χ2v) is 7.82. The third-order valence-corrected chi connectivity index (χ3v) is 5.37. The second kappa shape index (κ2) is 9.18. The van der Waals surface area contributed by atoms with E-state index in [0.29, 0.717) is 28.3 Å². The molecule has 0 aliphatic carbocycles. The van der Waals surface area contributed by atoms with Gasteiger partial charge in [0.2, 0.25) is 5.91 Å². The van der Waals surface area contributed by atoms with Gasteiger partial charge in [-0.25, -0.2) is 4.98 Å². The molecule has 1 N–H and O–H groups in total. The maximum atomic E-state index is 13.2. The van der Waals surface area contributed by atoms with Gasteiger partial charge in [0.25, 0.3) is 5.56 Å². The fourth-order valence-electron chi connectivity index (χ4n) is 3.55. The molecule has 0 saturated carbocycles. The van der Waals surface area contributed by atoms with E-state index in [1.807, 2.05) is 36.5 Å². The van der Waals surface area contributed by atoms with Gasteiger partial charge in [0.1, 0.15) is 17.6 Å². The number of hydrogen-bond donors (Lipinski definition) is 1. The lowest BCUT2D eigenvalue weighted by molar-refractivity contribution is -0.116. The van der Waals surface area contributed by atoms with Crippen molar-refractivity contribution in [1.82, 2.24) is 14.1 Å². The molecule has 0 aliphatic heterocycles. The summed E-state index contributed by atoms with van der Waals surface area (Å²) in [5.74, 6) is -0.234. The quantitative estimate of drug-likeness (QED) is 0.447. The van der Waals surface area contributed by atoms with Crippen molar-refractivity contribution >= 4 is 34.2 Å². The summed E-state index contributed by atoms with van der Waals surface area (Å²) in [6.07, 6.45) is 5.30. The second-order valence-electron chi connectivity index (χ2n) is 7.39. The fourth-order valence-corrected chi connectivity index (χ4v) is 3.67. The normalized spacial score (nSPS) is 11.0. The first-order chi connectivity index (χ1) is 15.1. The molecule has 0 bridgehead atoms. The Balaban J connectivity index is 1.74. The third-order valence-electron chi connectivity index (χ3n) is 5.12. The summed E-state index contributed by atoms with van der Waals surface area (Å²) in [5, 5.41) is 3.45. The van der Waals surface area contributed by atoms with Gasteiger partial charge >= 0.3 is 0 Å². The van der Waals surface area contributed by atoms with E-state index in [0.717, 1.165) is 24.0 Å².